The Morgan fingerprint density at radius 3 is 2.68 bits per heavy atom. The summed E-state index contributed by atoms with van der Waals surface area (Å²) < 4.78 is 5.87. The summed E-state index contributed by atoms with van der Waals surface area (Å²) >= 11 is 0. The molecule has 1 aromatic rings. The van der Waals surface area contributed by atoms with Crippen molar-refractivity contribution in [2.75, 3.05) is 19.0 Å². The molecule has 1 heterocycles. The molecular formula is C18H26N2O2. The highest BCUT2D eigenvalue weighted by Gasteiger charge is 2.57. The number of carbonyl (C=O) groups is 1. The number of pyridine rings is 1. The van der Waals surface area contributed by atoms with Gasteiger partial charge in [-0.1, -0.05) is 20.8 Å². The highest BCUT2D eigenvalue weighted by molar-refractivity contribution is 5.94. The standard InChI is InChI=1S/C18H26N2O2/c1-11-14-9-12(18(14,2)3)10-15(11)22-17(21)13-7-6-8-19-16(13)20(4)5/h6-8,11-12,14-15H,9-10H2,1-5H3/t11-,12+,14+,15+/m1/s1. The summed E-state index contributed by atoms with van der Waals surface area (Å²) in [6.45, 7) is 6.94. The molecule has 120 valence electrons. The van der Waals surface area contributed by atoms with E-state index in [-0.39, 0.29) is 12.1 Å². The maximum Gasteiger partial charge on any atom is 0.342 e. The van der Waals surface area contributed by atoms with Crippen LogP contribution in [-0.4, -0.2) is 31.2 Å². The molecule has 0 saturated heterocycles. The van der Waals surface area contributed by atoms with E-state index >= 15 is 0 Å². The van der Waals surface area contributed by atoms with E-state index in [2.05, 4.69) is 25.8 Å². The van der Waals surface area contributed by atoms with Crippen molar-refractivity contribution in [1.82, 2.24) is 4.98 Å². The lowest BCUT2D eigenvalue weighted by atomic mass is 9.45. The second-order valence-electron chi connectivity index (χ2n) is 7.67. The first-order chi connectivity index (χ1) is 10.3. The molecule has 4 heteroatoms. The van der Waals surface area contributed by atoms with Crippen LogP contribution in [0, 0.1) is 23.2 Å². The topological polar surface area (TPSA) is 42.4 Å². The van der Waals surface area contributed by atoms with Crippen molar-refractivity contribution < 1.29 is 9.53 Å². The maximum absolute atomic E-state index is 12.6. The number of aromatic nitrogens is 1. The molecule has 4 rings (SSSR count). The first-order valence-corrected chi connectivity index (χ1v) is 8.15. The van der Waals surface area contributed by atoms with E-state index in [1.54, 1.807) is 18.3 Å². The lowest BCUT2D eigenvalue weighted by Gasteiger charge is -2.61. The first kappa shape index (κ1) is 15.3. The third-order valence-corrected chi connectivity index (χ3v) is 5.97. The minimum atomic E-state index is -0.243. The summed E-state index contributed by atoms with van der Waals surface area (Å²) in [5.74, 6) is 2.22. The van der Waals surface area contributed by atoms with Crippen LogP contribution < -0.4 is 4.90 Å². The Morgan fingerprint density at radius 2 is 2.09 bits per heavy atom. The molecule has 0 aromatic carbocycles. The highest BCUT2D eigenvalue weighted by atomic mass is 16.5. The van der Waals surface area contributed by atoms with E-state index in [0.717, 1.165) is 6.42 Å². The molecule has 4 atom stereocenters. The molecule has 0 spiro atoms. The van der Waals surface area contributed by atoms with E-state index in [1.165, 1.54) is 6.42 Å². The minimum absolute atomic E-state index is 0.0412. The molecule has 0 aliphatic heterocycles. The van der Waals surface area contributed by atoms with Crippen molar-refractivity contribution in [2.24, 2.45) is 23.2 Å². The van der Waals surface area contributed by atoms with Crippen LogP contribution in [0.3, 0.4) is 0 Å². The Hall–Kier alpha value is -1.58. The lowest BCUT2D eigenvalue weighted by molar-refractivity contribution is -0.156. The molecule has 0 amide bonds. The van der Waals surface area contributed by atoms with Gasteiger partial charge in [0.15, 0.2) is 0 Å². The summed E-state index contributed by atoms with van der Waals surface area (Å²) in [5, 5.41) is 0. The number of hydrogen-bond donors (Lipinski definition) is 0. The summed E-state index contributed by atoms with van der Waals surface area (Å²) in [7, 11) is 3.78. The van der Waals surface area contributed by atoms with E-state index in [4.69, 9.17) is 4.74 Å². The number of hydrogen-bond acceptors (Lipinski definition) is 4. The Bertz CT molecular complexity index is 582. The summed E-state index contributed by atoms with van der Waals surface area (Å²) in [4.78, 5) is 18.7. The first-order valence-electron chi connectivity index (χ1n) is 8.15. The lowest BCUT2D eigenvalue weighted by Crippen LogP contribution is -2.57. The smallest absolute Gasteiger partial charge is 0.342 e. The number of rotatable bonds is 3. The van der Waals surface area contributed by atoms with Crippen molar-refractivity contribution >= 4 is 11.8 Å². The zero-order chi connectivity index (χ0) is 16.1. The molecule has 3 fully saturated rings. The van der Waals surface area contributed by atoms with Crippen molar-refractivity contribution in [3.05, 3.63) is 23.9 Å². The van der Waals surface area contributed by atoms with Gasteiger partial charge in [0.1, 0.15) is 17.5 Å². The van der Waals surface area contributed by atoms with Crippen LogP contribution in [0.5, 0.6) is 0 Å². The zero-order valence-corrected chi connectivity index (χ0v) is 14.2. The van der Waals surface area contributed by atoms with Crippen LogP contribution >= 0.6 is 0 Å². The summed E-state index contributed by atoms with van der Waals surface area (Å²) in [5.41, 5.74) is 0.962. The third kappa shape index (κ3) is 2.29. The van der Waals surface area contributed by atoms with Crippen molar-refractivity contribution in [3.8, 4) is 0 Å². The van der Waals surface area contributed by atoms with Gasteiger partial charge in [-0.2, -0.15) is 0 Å². The second-order valence-corrected chi connectivity index (χ2v) is 7.67. The Kier molecular flexibility index (Phi) is 3.66. The van der Waals surface area contributed by atoms with Crippen LogP contribution in [0.25, 0.3) is 0 Å². The number of ether oxygens (including phenoxy) is 1. The molecule has 1 aromatic heterocycles. The Labute approximate surface area is 132 Å². The molecule has 2 bridgehead atoms. The predicted octanol–water partition coefficient (Wildman–Crippen LogP) is 3.38. The van der Waals surface area contributed by atoms with Gasteiger partial charge in [-0.15, -0.1) is 0 Å². The fraction of sp³-hybridized carbons (Fsp3) is 0.667. The normalized spacial score (nSPS) is 32.0. The Balaban J connectivity index is 1.74. The average Bonchev–Trinajstić information content (AvgIpc) is 2.48. The van der Waals surface area contributed by atoms with Crippen molar-refractivity contribution in [3.63, 3.8) is 0 Å². The largest absolute Gasteiger partial charge is 0.458 e. The number of anilines is 1. The molecule has 3 saturated carbocycles. The Morgan fingerprint density at radius 1 is 1.36 bits per heavy atom. The third-order valence-electron chi connectivity index (χ3n) is 5.97. The predicted molar refractivity (Wildman–Crippen MR) is 86.9 cm³/mol. The SMILES string of the molecule is C[C@H]1[C@@H](OC(=O)c2cccnc2N(C)C)C[C@@H]2C[C@@H]1C2(C)C. The zero-order valence-electron chi connectivity index (χ0n) is 14.2. The van der Waals surface area contributed by atoms with E-state index < -0.39 is 0 Å². The van der Waals surface area contributed by atoms with Crippen LogP contribution in [0.2, 0.25) is 0 Å². The van der Waals surface area contributed by atoms with Crippen molar-refractivity contribution in [1.29, 1.82) is 0 Å². The molecule has 22 heavy (non-hydrogen) atoms. The molecule has 3 aliphatic rings. The van der Waals surface area contributed by atoms with Crippen LogP contribution in [0.15, 0.2) is 18.3 Å². The van der Waals surface area contributed by atoms with Gasteiger partial charge in [-0.3, -0.25) is 0 Å². The fourth-order valence-corrected chi connectivity index (χ4v) is 4.37. The maximum atomic E-state index is 12.6. The van der Waals surface area contributed by atoms with Crippen LogP contribution in [-0.2, 0) is 4.74 Å². The number of nitrogens with zero attached hydrogens (tertiary/aromatic N) is 2. The quantitative estimate of drug-likeness (QED) is 0.803. The highest BCUT2D eigenvalue weighted by Crippen LogP contribution is 2.61. The number of carbonyl (C=O) groups excluding carboxylic acids is 1. The van der Waals surface area contributed by atoms with Gasteiger partial charge >= 0.3 is 5.97 Å². The van der Waals surface area contributed by atoms with E-state index in [0.29, 0.717) is 34.6 Å². The number of esters is 1. The average molecular weight is 302 g/mol. The van der Waals surface area contributed by atoms with Crippen LogP contribution in [0.1, 0.15) is 44.0 Å². The molecular weight excluding hydrogens is 276 g/mol. The van der Waals surface area contributed by atoms with E-state index in [9.17, 15) is 4.79 Å². The van der Waals surface area contributed by atoms with Gasteiger partial charge < -0.3 is 9.64 Å². The second kappa shape index (κ2) is 5.25. The minimum Gasteiger partial charge on any atom is -0.458 e. The molecule has 0 radical (unpaired) electrons. The molecule has 0 N–H and O–H groups in total. The van der Waals surface area contributed by atoms with Crippen molar-refractivity contribution in [2.45, 2.75) is 39.7 Å². The summed E-state index contributed by atoms with van der Waals surface area (Å²) in [6, 6.07) is 3.58. The van der Waals surface area contributed by atoms with Gasteiger partial charge in [0.05, 0.1) is 0 Å². The van der Waals surface area contributed by atoms with E-state index in [1.807, 2.05) is 19.0 Å². The molecule has 3 aliphatic carbocycles. The molecule has 0 unspecified atom stereocenters. The van der Waals surface area contributed by atoms with Gasteiger partial charge in [-0.05, 0) is 48.1 Å². The van der Waals surface area contributed by atoms with Gasteiger partial charge in [0.2, 0.25) is 0 Å². The van der Waals surface area contributed by atoms with Gasteiger partial charge in [-0.25, -0.2) is 9.78 Å². The molecule has 4 nitrogen and oxygen atoms in total. The van der Waals surface area contributed by atoms with Crippen LogP contribution in [0.4, 0.5) is 5.82 Å². The summed E-state index contributed by atoms with van der Waals surface area (Å²) in [6.07, 6.45) is 4.03. The fourth-order valence-electron chi connectivity index (χ4n) is 4.37. The van der Waals surface area contributed by atoms with Gasteiger partial charge in [0, 0.05) is 20.3 Å². The monoisotopic (exact) mass is 302 g/mol. The van der Waals surface area contributed by atoms with Gasteiger partial charge in [0.25, 0.3) is 0 Å². The number of fused-ring (bicyclic) bond motifs is 2.